The Kier molecular flexibility index (Phi) is 5.37. The molecule has 1 spiro atoms. The van der Waals surface area contributed by atoms with Crippen molar-refractivity contribution in [3.8, 4) is 5.75 Å². The summed E-state index contributed by atoms with van der Waals surface area (Å²) in [5.74, 6) is -2.46. The molecule has 3 atom stereocenters. The standard InChI is InChI=1S/C24H20N2O6S2/c1-12-3-7-14(8-4-12)26-16(27)11-24(22(26)30)17(13-5-9-15(32-2)10-6-13)18-20(25-23(31)33-18)34-19(24)21(28)29/h3-10,17,19H,11H2,1-2H3,(H,25,31)(H,28,29)/t17-,19-,24-/m0/s1. The number of carbonyl (C=O) groups excluding carboxylic acids is 2. The highest BCUT2D eigenvalue weighted by atomic mass is 32.2. The van der Waals surface area contributed by atoms with Crippen LogP contribution in [0.2, 0.25) is 0 Å². The molecule has 1 saturated heterocycles. The molecule has 0 radical (unpaired) electrons. The first-order valence-corrected chi connectivity index (χ1v) is 12.2. The summed E-state index contributed by atoms with van der Waals surface area (Å²) in [7, 11) is 1.53. The maximum absolute atomic E-state index is 14.1. The average molecular weight is 497 g/mol. The van der Waals surface area contributed by atoms with E-state index < -0.39 is 34.4 Å². The minimum absolute atomic E-state index is 0.286. The zero-order chi connectivity index (χ0) is 24.2. The Labute approximate surface area is 202 Å². The first-order chi connectivity index (χ1) is 16.3. The molecule has 8 nitrogen and oxygen atoms in total. The number of aromatic nitrogens is 1. The number of hydrogen-bond acceptors (Lipinski definition) is 7. The first kappa shape index (κ1) is 22.4. The number of nitrogens with one attached hydrogen (secondary N) is 1. The Morgan fingerprint density at radius 1 is 1.12 bits per heavy atom. The van der Waals surface area contributed by atoms with E-state index in [0.29, 0.717) is 26.9 Å². The van der Waals surface area contributed by atoms with E-state index in [1.807, 2.05) is 6.92 Å². The number of nitrogens with zero attached hydrogens (tertiary/aromatic N) is 1. The maximum Gasteiger partial charge on any atom is 0.318 e. The van der Waals surface area contributed by atoms with Crippen molar-refractivity contribution in [3.63, 3.8) is 0 Å². The lowest BCUT2D eigenvalue weighted by atomic mass is 9.67. The van der Waals surface area contributed by atoms with Gasteiger partial charge in [0.1, 0.15) is 11.0 Å². The largest absolute Gasteiger partial charge is 0.497 e. The smallest absolute Gasteiger partial charge is 0.318 e. The summed E-state index contributed by atoms with van der Waals surface area (Å²) in [6, 6.07) is 13.9. The number of methoxy groups -OCH3 is 1. The third-order valence-corrected chi connectivity index (χ3v) is 8.87. The van der Waals surface area contributed by atoms with Gasteiger partial charge in [-0.2, -0.15) is 0 Å². The van der Waals surface area contributed by atoms with Crippen LogP contribution in [0.3, 0.4) is 0 Å². The van der Waals surface area contributed by atoms with Crippen LogP contribution >= 0.6 is 23.1 Å². The quantitative estimate of drug-likeness (QED) is 0.532. The lowest BCUT2D eigenvalue weighted by molar-refractivity contribution is -0.143. The fourth-order valence-electron chi connectivity index (χ4n) is 4.84. The SMILES string of the molecule is COc1ccc([C@H]2c3sc(=O)[nH]c3S[C@@H](C(=O)O)[C@]23CC(=O)N(c2ccc(C)cc2)C3=O)cc1. The van der Waals surface area contributed by atoms with Crippen LogP contribution < -0.4 is 14.5 Å². The van der Waals surface area contributed by atoms with E-state index in [1.165, 1.54) is 7.11 Å². The summed E-state index contributed by atoms with van der Waals surface area (Å²) >= 11 is 1.87. The predicted octanol–water partition coefficient (Wildman–Crippen LogP) is 3.39. The van der Waals surface area contributed by atoms with Crippen molar-refractivity contribution in [2.75, 3.05) is 12.0 Å². The normalized spacial score (nSPS) is 23.9. The van der Waals surface area contributed by atoms with Gasteiger partial charge in [0.25, 0.3) is 0 Å². The highest BCUT2D eigenvalue weighted by molar-refractivity contribution is 8.00. The monoisotopic (exact) mass is 496 g/mol. The fraction of sp³-hybridized carbons (Fsp3) is 0.250. The van der Waals surface area contributed by atoms with Gasteiger partial charge in [-0.3, -0.25) is 19.2 Å². The summed E-state index contributed by atoms with van der Waals surface area (Å²) in [5, 5.41) is 9.37. The van der Waals surface area contributed by atoms with Gasteiger partial charge in [-0.1, -0.05) is 52.9 Å². The van der Waals surface area contributed by atoms with Crippen molar-refractivity contribution < 1.29 is 24.2 Å². The number of anilines is 1. The number of benzene rings is 2. The number of H-pyrrole nitrogens is 1. The Bertz CT molecular complexity index is 1360. The van der Waals surface area contributed by atoms with Gasteiger partial charge in [-0.15, -0.1) is 0 Å². The molecule has 2 aliphatic heterocycles. The van der Waals surface area contributed by atoms with Crippen LogP contribution in [-0.4, -0.2) is 40.2 Å². The molecule has 34 heavy (non-hydrogen) atoms. The number of carboxylic acids is 1. The van der Waals surface area contributed by atoms with Crippen molar-refractivity contribution >= 4 is 46.6 Å². The number of fused-ring (bicyclic) bond motifs is 1. The Hall–Kier alpha value is -3.37. The number of amides is 2. The first-order valence-electron chi connectivity index (χ1n) is 10.5. The molecule has 3 heterocycles. The minimum Gasteiger partial charge on any atom is -0.497 e. The van der Waals surface area contributed by atoms with E-state index in [4.69, 9.17) is 4.74 Å². The molecule has 2 N–H and O–H groups in total. The summed E-state index contributed by atoms with van der Waals surface area (Å²) < 4.78 is 5.25. The second kappa shape index (κ2) is 8.14. The number of aliphatic carboxylic acids is 1. The average Bonchev–Trinajstić information content (AvgIpc) is 3.30. The van der Waals surface area contributed by atoms with Crippen LogP contribution in [-0.2, 0) is 14.4 Å². The number of aryl methyl sites for hydroxylation is 1. The van der Waals surface area contributed by atoms with Gasteiger partial charge in [-0.05, 0) is 36.8 Å². The lowest BCUT2D eigenvalue weighted by Gasteiger charge is -2.42. The third-order valence-electron chi connectivity index (χ3n) is 6.38. The van der Waals surface area contributed by atoms with Crippen LogP contribution in [0.25, 0.3) is 0 Å². The van der Waals surface area contributed by atoms with Gasteiger partial charge in [0.15, 0.2) is 0 Å². The predicted molar refractivity (Wildman–Crippen MR) is 128 cm³/mol. The molecule has 174 valence electrons. The van der Waals surface area contributed by atoms with E-state index in [1.54, 1.807) is 48.5 Å². The molecular weight excluding hydrogens is 476 g/mol. The van der Waals surface area contributed by atoms with Gasteiger partial charge < -0.3 is 14.8 Å². The van der Waals surface area contributed by atoms with Crippen molar-refractivity contribution in [1.29, 1.82) is 0 Å². The third kappa shape index (κ3) is 3.28. The highest BCUT2D eigenvalue weighted by Gasteiger charge is 2.66. The fourth-order valence-corrected chi connectivity index (χ4v) is 7.39. The van der Waals surface area contributed by atoms with E-state index in [0.717, 1.165) is 33.6 Å². The molecule has 2 aromatic carbocycles. The Morgan fingerprint density at radius 3 is 2.41 bits per heavy atom. The zero-order valence-corrected chi connectivity index (χ0v) is 19.9. The van der Waals surface area contributed by atoms with Crippen LogP contribution in [0, 0.1) is 12.3 Å². The summed E-state index contributed by atoms with van der Waals surface area (Å²) in [5.41, 5.74) is 0.390. The van der Waals surface area contributed by atoms with Crippen molar-refractivity contribution in [2.24, 2.45) is 5.41 Å². The Balaban J connectivity index is 1.74. The number of rotatable bonds is 4. The zero-order valence-electron chi connectivity index (χ0n) is 18.2. The molecule has 10 heteroatoms. The number of thiazole rings is 1. The Morgan fingerprint density at radius 2 is 1.79 bits per heavy atom. The van der Waals surface area contributed by atoms with Crippen molar-refractivity contribution in [3.05, 3.63) is 74.2 Å². The maximum atomic E-state index is 14.1. The lowest BCUT2D eigenvalue weighted by Crippen LogP contribution is -2.51. The summed E-state index contributed by atoms with van der Waals surface area (Å²) in [6.07, 6.45) is -0.286. The van der Waals surface area contributed by atoms with Gasteiger partial charge >= 0.3 is 10.8 Å². The molecule has 0 unspecified atom stereocenters. The van der Waals surface area contributed by atoms with Crippen LogP contribution in [0.1, 0.15) is 28.3 Å². The number of imide groups is 1. The highest BCUT2D eigenvalue weighted by Crippen LogP contribution is 2.61. The molecular formula is C24H20N2O6S2. The molecule has 3 aromatic rings. The van der Waals surface area contributed by atoms with E-state index in [-0.39, 0.29) is 11.3 Å². The van der Waals surface area contributed by atoms with Crippen LogP contribution in [0.15, 0.2) is 58.4 Å². The van der Waals surface area contributed by atoms with Crippen molar-refractivity contribution in [1.82, 2.24) is 4.98 Å². The molecule has 1 fully saturated rings. The second-order valence-corrected chi connectivity index (χ2v) is 10.5. The molecule has 2 aliphatic rings. The number of carbonyl (C=O) groups is 3. The van der Waals surface area contributed by atoms with E-state index >= 15 is 0 Å². The number of aromatic amines is 1. The van der Waals surface area contributed by atoms with Crippen LogP contribution in [0.4, 0.5) is 5.69 Å². The molecule has 0 bridgehead atoms. The molecule has 2 amide bonds. The minimum atomic E-state index is -1.61. The number of hydrogen-bond donors (Lipinski definition) is 2. The summed E-state index contributed by atoms with van der Waals surface area (Å²) in [6.45, 7) is 1.90. The number of thioether (sulfide) groups is 1. The van der Waals surface area contributed by atoms with E-state index in [2.05, 4.69) is 4.98 Å². The molecule has 0 saturated carbocycles. The van der Waals surface area contributed by atoms with Gasteiger partial charge in [0.2, 0.25) is 11.8 Å². The summed E-state index contributed by atoms with van der Waals surface area (Å²) in [4.78, 5) is 56.3. The molecule has 1 aromatic heterocycles. The van der Waals surface area contributed by atoms with Gasteiger partial charge in [0, 0.05) is 17.2 Å². The second-order valence-electron chi connectivity index (χ2n) is 8.34. The van der Waals surface area contributed by atoms with Gasteiger partial charge in [0.05, 0.1) is 23.2 Å². The topological polar surface area (TPSA) is 117 Å². The van der Waals surface area contributed by atoms with E-state index in [9.17, 15) is 24.3 Å². The van der Waals surface area contributed by atoms with Gasteiger partial charge in [-0.25, -0.2) is 4.90 Å². The number of carboxylic acid groups (broad SMARTS) is 1. The van der Waals surface area contributed by atoms with Crippen LogP contribution in [0.5, 0.6) is 5.75 Å². The van der Waals surface area contributed by atoms with Crippen molar-refractivity contribution in [2.45, 2.75) is 29.5 Å². The number of ether oxygens (including phenoxy) is 1. The molecule has 0 aliphatic carbocycles. The molecule has 5 rings (SSSR count).